The lowest BCUT2D eigenvalue weighted by Gasteiger charge is -2.05. The second kappa shape index (κ2) is 6.91. The largest absolute Gasteiger partial charge is 0.497 e. The predicted molar refractivity (Wildman–Crippen MR) is 84.8 cm³/mol. The number of ether oxygens (including phenoxy) is 1. The Labute approximate surface area is 131 Å². The van der Waals surface area contributed by atoms with Gasteiger partial charge in [-0.25, -0.2) is 0 Å². The summed E-state index contributed by atoms with van der Waals surface area (Å²) in [5.74, 6) is 0.912. The van der Waals surface area contributed by atoms with Gasteiger partial charge < -0.3 is 4.74 Å². The minimum atomic E-state index is 0.0928. The number of benzene rings is 2. The van der Waals surface area contributed by atoms with Gasteiger partial charge in [0.15, 0.2) is 5.78 Å². The molecule has 2 aromatic carbocycles. The Bertz CT molecular complexity index is 608. The third-order valence-corrected chi connectivity index (χ3v) is 4.27. The zero-order valence-corrected chi connectivity index (χ0v) is 13.4. The number of carbonyl (C=O) groups excluding carboxylic acids is 1. The van der Waals surface area contributed by atoms with Crippen molar-refractivity contribution in [3.8, 4) is 5.75 Å². The van der Waals surface area contributed by atoms with Crippen molar-refractivity contribution >= 4 is 33.3 Å². The maximum absolute atomic E-state index is 12.1. The van der Waals surface area contributed by atoms with E-state index < -0.39 is 0 Å². The van der Waals surface area contributed by atoms with Gasteiger partial charge in [-0.1, -0.05) is 29.8 Å². The summed E-state index contributed by atoms with van der Waals surface area (Å²) >= 11 is 9.31. The lowest BCUT2D eigenvalue weighted by molar-refractivity contribution is 0.0983. The van der Waals surface area contributed by atoms with Gasteiger partial charge in [0, 0.05) is 16.5 Å². The van der Waals surface area contributed by atoms with Gasteiger partial charge in [0.25, 0.3) is 0 Å². The summed E-state index contributed by atoms with van der Waals surface area (Å²) < 4.78 is 5.90. The van der Waals surface area contributed by atoms with Crippen LogP contribution in [0.25, 0.3) is 0 Å². The molecule has 20 heavy (non-hydrogen) atoms. The normalized spacial score (nSPS) is 10.3. The molecule has 0 aromatic heterocycles. The lowest BCUT2D eigenvalue weighted by Crippen LogP contribution is -2.01. The van der Waals surface area contributed by atoms with Crippen LogP contribution in [0.3, 0.4) is 0 Å². The lowest BCUT2D eigenvalue weighted by atomic mass is 10.0. The zero-order valence-electron chi connectivity index (χ0n) is 11.0. The molecule has 0 spiro atoms. The third kappa shape index (κ3) is 3.84. The quantitative estimate of drug-likeness (QED) is 0.713. The van der Waals surface area contributed by atoms with Gasteiger partial charge in [-0.05, 0) is 52.2 Å². The Morgan fingerprint density at radius 3 is 2.50 bits per heavy atom. The number of hydrogen-bond acceptors (Lipinski definition) is 2. The number of hydrogen-bond donors (Lipinski definition) is 0. The molecule has 0 saturated carbocycles. The second-order valence-corrected chi connectivity index (χ2v) is 5.66. The van der Waals surface area contributed by atoms with Crippen molar-refractivity contribution in [2.75, 3.05) is 7.11 Å². The molecule has 0 aliphatic rings. The van der Waals surface area contributed by atoms with E-state index >= 15 is 0 Å². The van der Waals surface area contributed by atoms with Gasteiger partial charge in [0.05, 0.1) is 12.1 Å². The van der Waals surface area contributed by atoms with Crippen LogP contribution in [0.2, 0.25) is 5.02 Å². The Hall–Kier alpha value is -1.32. The third-order valence-electron chi connectivity index (χ3n) is 3.04. The van der Waals surface area contributed by atoms with E-state index in [-0.39, 0.29) is 5.78 Å². The standard InChI is InChI=1S/C16H14BrClO2/c1-20-13-6-2-11(3-7-13)4-9-16(19)12-5-8-14(17)15(18)10-12/h2-3,5-8,10H,4,9H2,1H3. The summed E-state index contributed by atoms with van der Waals surface area (Å²) in [4.78, 5) is 12.1. The Balaban J connectivity index is 1.98. The highest BCUT2D eigenvalue weighted by Crippen LogP contribution is 2.24. The minimum Gasteiger partial charge on any atom is -0.497 e. The summed E-state index contributed by atoms with van der Waals surface area (Å²) in [7, 11) is 1.63. The smallest absolute Gasteiger partial charge is 0.163 e. The first-order chi connectivity index (χ1) is 9.60. The van der Waals surface area contributed by atoms with Crippen LogP contribution in [-0.2, 0) is 6.42 Å². The van der Waals surface area contributed by atoms with Crippen molar-refractivity contribution in [3.05, 3.63) is 63.1 Å². The van der Waals surface area contributed by atoms with Gasteiger partial charge in [-0.2, -0.15) is 0 Å². The number of aryl methyl sites for hydroxylation is 1. The van der Waals surface area contributed by atoms with Gasteiger partial charge >= 0.3 is 0 Å². The first-order valence-electron chi connectivity index (χ1n) is 6.21. The molecule has 0 amide bonds. The number of Topliss-reactive ketones (excluding diaryl/α,β-unsaturated/α-hetero) is 1. The van der Waals surface area contributed by atoms with Crippen molar-refractivity contribution in [2.45, 2.75) is 12.8 Å². The molecular weight excluding hydrogens is 340 g/mol. The maximum Gasteiger partial charge on any atom is 0.163 e. The summed E-state index contributed by atoms with van der Waals surface area (Å²) in [6.45, 7) is 0. The van der Waals surface area contributed by atoms with E-state index in [4.69, 9.17) is 16.3 Å². The van der Waals surface area contributed by atoms with Crippen molar-refractivity contribution < 1.29 is 9.53 Å². The van der Waals surface area contributed by atoms with Crippen molar-refractivity contribution in [1.29, 1.82) is 0 Å². The van der Waals surface area contributed by atoms with Crippen LogP contribution in [0, 0.1) is 0 Å². The molecule has 2 nitrogen and oxygen atoms in total. The number of carbonyl (C=O) groups is 1. The molecule has 0 aliphatic heterocycles. The predicted octanol–water partition coefficient (Wildman–Crippen LogP) is 4.93. The van der Waals surface area contributed by atoms with Gasteiger partial charge in [0.1, 0.15) is 5.75 Å². The molecule has 2 rings (SSSR count). The Morgan fingerprint density at radius 1 is 1.20 bits per heavy atom. The van der Waals surface area contributed by atoms with Crippen LogP contribution in [0.5, 0.6) is 5.75 Å². The second-order valence-electron chi connectivity index (χ2n) is 4.40. The molecule has 0 saturated heterocycles. The monoisotopic (exact) mass is 352 g/mol. The zero-order chi connectivity index (χ0) is 14.5. The number of rotatable bonds is 5. The molecule has 0 aliphatic carbocycles. The van der Waals surface area contributed by atoms with E-state index in [2.05, 4.69) is 15.9 Å². The summed E-state index contributed by atoms with van der Waals surface area (Å²) in [5.41, 5.74) is 1.76. The highest BCUT2D eigenvalue weighted by atomic mass is 79.9. The van der Waals surface area contributed by atoms with E-state index in [9.17, 15) is 4.79 Å². The fourth-order valence-corrected chi connectivity index (χ4v) is 2.29. The van der Waals surface area contributed by atoms with E-state index in [0.29, 0.717) is 23.4 Å². The highest BCUT2D eigenvalue weighted by molar-refractivity contribution is 9.10. The highest BCUT2D eigenvalue weighted by Gasteiger charge is 2.08. The molecular formula is C16H14BrClO2. The van der Waals surface area contributed by atoms with E-state index in [1.165, 1.54) is 0 Å². The molecule has 0 radical (unpaired) electrons. The van der Waals surface area contributed by atoms with Crippen LogP contribution in [0.1, 0.15) is 22.3 Å². The SMILES string of the molecule is COc1ccc(CCC(=O)c2ccc(Br)c(Cl)c2)cc1. The summed E-state index contributed by atoms with van der Waals surface area (Å²) in [5, 5.41) is 0.556. The minimum absolute atomic E-state index is 0.0928. The summed E-state index contributed by atoms with van der Waals surface area (Å²) in [6, 6.07) is 13.0. The maximum atomic E-state index is 12.1. The van der Waals surface area contributed by atoms with Gasteiger partial charge in [-0.15, -0.1) is 0 Å². The van der Waals surface area contributed by atoms with Crippen molar-refractivity contribution in [2.24, 2.45) is 0 Å². The molecule has 0 fully saturated rings. The average molecular weight is 354 g/mol. The molecule has 4 heteroatoms. The molecule has 0 bridgehead atoms. The van der Waals surface area contributed by atoms with Crippen LogP contribution in [0.15, 0.2) is 46.9 Å². The fraction of sp³-hybridized carbons (Fsp3) is 0.188. The number of halogens is 2. The van der Waals surface area contributed by atoms with Crippen LogP contribution in [-0.4, -0.2) is 12.9 Å². The van der Waals surface area contributed by atoms with Crippen molar-refractivity contribution in [1.82, 2.24) is 0 Å². The topological polar surface area (TPSA) is 26.3 Å². The van der Waals surface area contributed by atoms with E-state index in [1.54, 1.807) is 25.3 Å². The Kier molecular flexibility index (Phi) is 5.21. The first kappa shape index (κ1) is 15.1. The van der Waals surface area contributed by atoms with E-state index in [0.717, 1.165) is 15.8 Å². The van der Waals surface area contributed by atoms with Crippen LogP contribution >= 0.6 is 27.5 Å². The average Bonchev–Trinajstić information content (AvgIpc) is 2.48. The van der Waals surface area contributed by atoms with Crippen molar-refractivity contribution in [3.63, 3.8) is 0 Å². The molecule has 104 valence electrons. The summed E-state index contributed by atoms with van der Waals surface area (Å²) in [6.07, 6.45) is 1.17. The Morgan fingerprint density at radius 2 is 1.90 bits per heavy atom. The van der Waals surface area contributed by atoms with Gasteiger partial charge in [-0.3, -0.25) is 4.79 Å². The number of methoxy groups -OCH3 is 1. The molecule has 0 N–H and O–H groups in total. The van der Waals surface area contributed by atoms with Crippen LogP contribution in [0.4, 0.5) is 0 Å². The fourth-order valence-electron chi connectivity index (χ4n) is 1.86. The van der Waals surface area contributed by atoms with E-state index in [1.807, 2.05) is 24.3 Å². The number of ketones is 1. The molecule has 2 aromatic rings. The molecule has 0 heterocycles. The van der Waals surface area contributed by atoms with Gasteiger partial charge in [0.2, 0.25) is 0 Å². The molecule has 0 atom stereocenters. The first-order valence-corrected chi connectivity index (χ1v) is 7.38. The molecule has 0 unspecified atom stereocenters. The van der Waals surface area contributed by atoms with Crippen LogP contribution < -0.4 is 4.74 Å².